The van der Waals surface area contributed by atoms with Gasteiger partial charge in [0.2, 0.25) is 0 Å². The maximum Gasteiger partial charge on any atom is 0.123 e. The largest absolute Gasteiger partial charge is 0.385 e. The van der Waals surface area contributed by atoms with Crippen LogP contribution in [0.4, 0.5) is 4.39 Å². The second-order valence-electron chi connectivity index (χ2n) is 3.08. The Labute approximate surface area is 92.3 Å². The third kappa shape index (κ3) is 7.09. The van der Waals surface area contributed by atoms with E-state index in [9.17, 15) is 4.39 Å². The summed E-state index contributed by atoms with van der Waals surface area (Å²) in [5, 5.41) is 0. The van der Waals surface area contributed by atoms with Crippen LogP contribution in [0.15, 0.2) is 24.3 Å². The third-order valence-corrected chi connectivity index (χ3v) is 1.98. The smallest absolute Gasteiger partial charge is 0.123 e. The van der Waals surface area contributed by atoms with Gasteiger partial charge in [-0.1, -0.05) is 26.0 Å². The van der Waals surface area contributed by atoms with Gasteiger partial charge in [0.05, 0.1) is 0 Å². The van der Waals surface area contributed by atoms with Crippen LogP contribution < -0.4 is 0 Å². The summed E-state index contributed by atoms with van der Waals surface area (Å²) in [6.07, 6.45) is 3.16. The van der Waals surface area contributed by atoms with Gasteiger partial charge < -0.3 is 4.74 Å². The first-order chi connectivity index (χ1) is 7.33. The number of hydrogen-bond donors (Lipinski definition) is 0. The predicted molar refractivity (Wildman–Crippen MR) is 62.6 cm³/mol. The fraction of sp³-hybridized carbons (Fsp3) is 0.538. The number of halogens is 1. The molecule has 0 fully saturated rings. The van der Waals surface area contributed by atoms with E-state index >= 15 is 0 Å². The van der Waals surface area contributed by atoms with E-state index < -0.39 is 0 Å². The fourth-order valence-corrected chi connectivity index (χ4v) is 1.23. The predicted octanol–water partition coefficient (Wildman–Crippen LogP) is 3.82. The number of hydrogen-bond acceptors (Lipinski definition) is 1. The van der Waals surface area contributed by atoms with Gasteiger partial charge in [-0.25, -0.2) is 4.39 Å². The Morgan fingerprint density at radius 1 is 1.07 bits per heavy atom. The van der Waals surface area contributed by atoms with Gasteiger partial charge >= 0.3 is 0 Å². The summed E-state index contributed by atoms with van der Waals surface area (Å²) in [5.74, 6) is -0.166. The number of aryl methyl sites for hydroxylation is 1. The Bertz CT molecular complexity index is 231. The summed E-state index contributed by atoms with van der Waals surface area (Å²) in [4.78, 5) is 0. The maximum atomic E-state index is 12.5. The van der Waals surface area contributed by atoms with Gasteiger partial charge in [-0.2, -0.15) is 0 Å². The monoisotopic (exact) mass is 212 g/mol. The fourth-order valence-electron chi connectivity index (χ4n) is 1.23. The van der Waals surface area contributed by atoms with Crippen LogP contribution in [0.2, 0.25) is 0 Å². The average molecular weight is 212 g/mol. The molecule has 1 aromatic carbocycles. The molecule has 0 amide bonds. The molecule has 0 bridgehead atoms. The lowest BCUT2D eigenvalue weighted by molar-refractivity contribution is 0.193. The first-order valence-electron chi connectivity index (χ1n) is 5.56. The van der Waals surface area contributed by atoms with Crippen LogP contribution in [0.5, 0.6) is 0 Å². The first kappa shape index (κ1) is 14.1. The van der Waals surface area contributed by atoms with Gasteiger partial charge in [-0.3, -0.25) is 0 Å². The second kappa shape index (κ2) is 9.66. The van der Waals surface area contributed by atoms with Crippen molar-refractivity contribution in [1.29, 1.82) is 0 Å². The molecule has 0 radical (unpaired) electrons. The van der Waals surface area contributed by atoms with Crippen molar-refractivity contribution < 1.29 is 9.13 Å². The molecule has 0 saturated carbocycles. The van der Waals surface area contributed by atoms with Crippen molar-refractivity contribution in [3.8, 4) is 0 Å². The van der Waals surface area contributed by atoms with E-state index in [2.05, 4.69) is 0 Å². The molecule has 0 N–H and O–H groups in total. The lowest BCUT2D eigenvalue weighted by Gasteiger charge is -2.00. The lowest BCUT2D eigenvalue weighted by atomic mass is 10.1. The summed E-state index contributed by atoms with van der Waals surface area (Å²) in [7, 11) is 1.71. The van der Waals surface area contributed by atoms with Crippen LogP contribution in [0.3, 0.4) is 0 Å². The van der Waals surface area contributed by atoms with Crippen molar-refractivity contribution in [2.24, 2.45) is 0 Å². The molecule has 0 aliphatic carbocycles. The molecule has 2 heteroatoms. The second-order valence-corrected chi connectivity index (χ2v) is 3.08. The number of ether oxygens (including phenoxy) is 1. The van der Waals surface area contributed by atoms with E-state index in [1.165, 1.54) is 17.7 Å². The summed E-state index contributed by atoms with van der Waals surface area (Å²) in [5.41, 5.74) is 1.19. The molecule has 0 aliphatic heterocycles. The quantitative estimate of drug-likeness (QED) is 0.674. The van der Waals surface area contributed by atoms with Gasteiger partial charge in [0.15, 0.2) is 0 Å². The van der Waals surface area contributed by atoms with E-state index in [1.54, 1.807) is 7.11 Å². The van der Waals surface area contributed by atoms with Gasteiger partial charge in [0.25, 0.3) is 0 Å². The Hall–Kier alpha value is -0.890. The molecule has 86 valence electrons. The van der Waals surface area contributed by atoms with Crippen molar-refractivity contribution >= 4 is 0 Å². The summed E-state index contributed by atoms with van der Waals surface area (Å²) >= 11 is 0. The van der Waals surface area contributed by atoms with Crippen LogP contribution in [0, 0.1) is 5.82 Å². The molecule has 1 aromatic rings. The highest BCUT2D eigenvalue weighted by atomic mass is 19.1. The van der Waals surface area contributed by atoms with Crippen molar-refractivity contribution in [1.82, 2.24) is 0 Å². The number of benzene rings is 1. The zero-order valence-corrected chi connectivity index (χ0v) is 9.92. The van der Waals surface area contributed by atoms with E-state index in [1.807, 2.05) is 26.0 Å². The normalized spacial score (nSPS) is 9.33. The van der Waals surface area contributed by atoms with E-state index in [0.717, 1.165) is 25.9 Å². The van der Waals surface area contributed by atoms with Crippen LogP contribution in [0.1, 0.15) is 32.3 Å². The SMILES string of the molecule is CC.COCCCCc1ccc(F)cc1. The minimum atomic E-state index is -0.166. The maximum absolute atomic E-state index is 12.5. The Morgan fingerprint density at radius 2 is 1.67 bits per heavy atom. The summed E-state index contributed by atoms with van der Waals surface area (Å²) in [6.45, 7) is 4.81. The average Bonchev–Trinajstić information content (AvgIpc) is 2.30. The van der Waals surface area contributed by atoms with Gasteiger partial charge in [-0.05, 0) is 37.0 Å². The molecular formula is C13H21FO. The standard InChI is InChI=1S/C11H15FO.C2H6/c1-13-9-3-2-4-10-5-7-11(12)8-6-10;1-2/h5-8H,2-4,9H2,1H3;1-2H3. The first-order valence-corrected chi connectivity index (χ1v) is 5.56. The molecule has 0 saturated heterocycles. The van der Waals surface area contributed by atoms with Crippen molar-refractivity contribution in [3.05, 3.63) is 35.6 Å². The Morgan fingerprint density at radius 3 is 2.20 bits per heavy atom. The minimum Gasteiger partial charge on any atom is -0.385 e. The molecule has 0 spiro atoms. The van der Waals surface area contributed by atoms with Crippen LogP contribution in [0.25, 0.3) is 0 Å². The van der Waals surface area contributed by atoms with Gasteiger partial charge in [-0.15, -0.1) is 0 Å². The number of unbranched alkanes of at least 4 members (excludes halogenated alkanes) is 1. The molecule has 0 aromatic heterocycles. The van der Waals surface area contributed by atoms with E-state index in [-0.39, 0.29) is 5.82 Å². The molecule has 0 aliphatic rings. The number of methoxy groups -OCH3 is 1. The Kier molecular flexibility index (Phi) is 9.08. The zero-order chi connectivity index (χ0) is 11.5. The minimum absolute atomic E-state index is 0.166. The third-order valence-electron chi connectivity index (χ3n) is 1.98. The number of rotatable bonds is 5. The van der Waals surface area contributed by atoms with Crippen molar-refractivity contribution in [2.75, 3.05) is 13.7 Å². The van der Waals surface area contributed by atoms with Crippen molar-refractivity contribution in [2.45, 2.75) is 33.1 Å². The van der Waals surface area contributed by atoms with Crippen molar-refractivity contribution in [3.63, 3.8) is 0 Å². The molecular weight excluding hydrogens is 191 g/mol. The van der Waals surface area contributed by atoms with Crippen LogP contribution in [-0.4, -0.2) is 13.7 Å². The van der Waals surface area contributed by atoms with Gasteiger partial charge in [0, 0.05) is 13.7 Å². The lowest BCUT2D eigenvalue weighted by Crippen LogP contribution is -1.91. The van der Waals surface area contributed by atoms with E-state index in [0.29, 0.717) is 0 Å². The van der Waals surface area contributed by atoms with Crippen LogP contribution >= 0.6 is 0 Å². The molecule has 0 heterocycles. The molecule has 0 unspecified atom stereocenters. The summed E-state index contributed by atoms with van der Waals surface area (Å²) in [6, 6.07) is 6.68. The van der Waals surface area contributed by atoms with E-state index in [4.69, 9.17) is 4.74 Å². The van der Waals surface area contributed by atoms with Gasteiger partial charge in [0.1, 0.15) is 5.82 Å². The highest BCUT2D eigenvalue weighted by Crippen LogP contribution is 2.06. The summed E-state index contributed by atoms with van der Waals surface area (Å²) < 4.78 is 17.4. The van der Waals surface area contributed by atoms with Crippen LogP contribution in [-0.2, 0) is 11.2 Å². The topological polar surface area (TPSA) is 9.23 Å². The highest BCUT2D eigenvalue weighted by molar-refractivity contribution is 5.15. The highest BCUT2D eigenvalue weighted by Gasteiger charge is 1.93. The molecule has 0 atom stereocenters. The molecule has 1 nitrogen and oxygen atoms in total. The molecule has 15 heavy (non-hydrogen) atoms. The zero-order valence-electron chi connectivity index (χ0n) is 9.92. The Balaban J connectivity index is 0.000000921. The molecule has 1 rings (SSSR count).